The van der Waals surface area contributed by atoms with Crippen LogP contribution in [0.4, 0.5) is 0 Å². The number of halogens is 1. The van der Waals surface area contributed by atoms with E-state index in [0.717, 1.165) is 12.0 Å². The van der Waals surface area contributed by atoms with Crippen molar-refractivity contribution in [1.82, 2.24) is 15.5 Å². The van der Waals surface area contributed by atoms with Crippen LogP contribution in [-0.4, -0.2) is 36.4 Å². The minimum absolute atomic E-state index is 0.0338. The lowest BCUT2D eigenvalue weighted by molar-refractivity contribution is 0.0846. The third-order valence-electron chi connectivity index (χ3n) is 4.00. The molecule has 0 saturated carbocycles. The predicted molar refractivity (Wildman–Crippen MR) is 85.7 cm³/mol. The zero-order valence-corrected chi connectivity index (χ0v) is 13.5. The van der Waals surface area contributed by atoms with Gasteiger partial charge in [-0.25, -0.2) is 0 Å². The molecule has 0 unspecified atom stereocenters. The molecule has 0 bridgehead atoms. The molecule has 7 heteroatoms. The highest BCUT2D eigenvalue weighted by molar-refractivity contribution is 6.32. The van der Waals surface area contributed by atoms with Gasteiger partial charge in [0.2, 0.25) is 0 Å². The number of amides is 1. The number of nitrogens with zero attached hydrogens (tertiary/aromatic N) is 1. The number of aromatic nitrogens is 2. The second-order valence-electron chi connectivity index (χ2n) is 5.43. The van der Waals surface area contributed by atoms with Crippen molar-refractivity contribution in [2.45, 2.75) is 12.5 Å². The van der Waals surface area contributed by atoms with Crippen LogP contribution in [0, 0.1) is 5.92 Å². The number of methoxy groups -OCH3 is 1. The number of rotatable bonds is 5. The Hall–Kier alpha value is -2.05. The quantitative estimate of drug-likeness (QED) is 0.880. The average Bonchev–Trinajstić information content (AvgIpc) is 3.23. The van der Waals surface area contributed by atoms with Crippen LogP contribution in [0.5, 0.6) is 5.75 Å². The predicted octanol–water partition coefficient (Wildman–Crippen LogP) is 2.58. The molecule has 122 valence electrons. The zero-order chi connectivity index (χ0) is 16.2. The molecule has 1 aromatic heterocycles. The van der Waals surface area contributed by atoms with Gasteiger partial charge in [0.15, 0.2) is 0 Å². The minimum Gasteiger partial charge on any atom is -0.495 e. The average molecular weight is 336 g/mol. The van der Waals surface area contributed by atoms with Crippen LogP contribution in [0.15, 0.2) is 30.6 Å². The van der Waals surface area contributed by atoms with Crippen LogP contribution in [-0.2, 0) is 4.74 Å². The number of aromatic amines is 1. The fourth-order valence-electron chi connectivity index (χ4n) is 2.76. The van der Waals surface area contributed by atoms with Crippen molar-refractivity contribution in [2.75, 3.05) is 20.3 Å². The number of carbonyl (C=O) groups excluding carboxylic acids is 1. The summed E-state index contributed by atoms with van der Waals surface area (Å²) >= 11 is 6.06. The number of H-pyrrole nitrogens is 1. The first-order chi connectivity index (χ1) is 11.2. The first-order valence-corrected chi connectivity index (χ1v) is 7.79. The third-order valence-corrected chi connectivity index (χ3v) is 4.30. The summed E-state index contributed by atoms with van der Waals surface area (Å²) in [6.07, 6.45) is 4.45. The molecule has 2 heterocycles. The number of hydrogen-bond acceptors (Lipinski definition) is 4. The molecule has 0 radical (unpaired) electrons. The van der Waals surface area contributed by atoms with Gasteiger partial charge in [0.25, 0.3) is 5.91 Å². The van der Waals surface area contributed by atoms with Crippen LogP contribution in [0.25, 0.3) is 0 Å². The summed E-state index contributed by atoms with van der Waals surface area (Å²) in [5.74, 6) is 0.616. The summed E-state index contributed by atoms with van der Waals surface area (Å²) in [7, 11) is 1.54. The van der Waals surface area contributed by atoms with E-state index in [9.17, 15) is 4.79 Å². The summed E-state index contributed by atoms with van der Waals surface area (Å²) < 4.78 is 10.8. The van der Waals surface area contributed by atoms with E-state index in [-0.39, 0.29) is 17.9 Å². The Morgan fingerprint density at radius 1 is 1.57 bits per heavy atom. The number of benzene rings is 1. The molecule has 6 nitrogen and oxygen atoms in total. The Morgan fingerprint density at radius 2 is 2.43 bits per heavy atom. The topological polar surface area (TPSA) is 76.2 Å². The lowest BCUT2D eigenvalue weighted by atomic mass is 9.97. The second kappa shape index (κ2) is 7.02. The molecule has 1 aliphatic rings. The standard InChI is InChI=1S/C16H18ClN3O3/c1-22-14-3-2-10(6-13(14)17)16(21)18-7-11-4-5-23-15(11)12-8-19-20-9-12/h2-3,6,8-9,11,15H,4-5,7H2,1H3,(H,18,21)(H,19,20)/t11-,15+/m1/s1. The molecule has 0 spiro atoms. The van der Waals surface area contributed by atoms with Crippen molar-refractivity contribution in [3.05, 3.63) is 46.7 Å². The first kappa shape index (κ1) is 15.8. The van der Waals surface area contributed by atoms with E-state index < -0.39 is 0 Å². The molecule has 1 saturated heterocycles. The molecular weight excluding hydrogens is 318 g/mol. The van der Waals surface area contributed by atoms with Crippen LogP contribution >= 0.6 is 11.6 Å². The third kappa shape index (κ3) is 3.48. The summed E-state index contributed by atoms with van der Waals surface area (Å²) in [6.45, 7) is 1.23. The van der Waals surface area contributed by atoms with Crippen molar-refractivity contribution in [1.29, 1.82) is 0 Å². The Kier molecular flexibility index (Phi) is 4.83. The zero-order valence-electron chi connectivity index (χ0n) is 12.7. The summed E-state index contributed by atoms with van der Waals surface area (Å²) in [5, 5.41) is 10.1. The van der Waals surface area contributed by atoms with E-state index >= 15 is 0 Å². The number of nitrogens with one attached hydrogen (secondary N) is 2. The van der Waals surface area contributed by atoms with Crippen LogP contribution < -0.4 is 10.1 Å². The van der Waals surface area contributed by atoms with Gasteiger partial charge >= 0.3 is 0 Å². The normalized spacial score (nSPS) is 20.4. The molecule has 0 aliphatic carbocycles. The van der Waals surface area contributed by atoms with E-state index in [4.69, 9.17) is 21.1 Å². The van der Waals surface area contributed by atoms with Crippen molar-refractivity contribution in [3.8, 4) is 5.75 Å². The molecule has 2 N–H and O–H groups in total. The molecule has 2 aromatic rings. The summed E-state index contributed by atoms with van der Waals surface area (Å²) in [4.78, 5) is 12.3. The highest BCUT2D eigenvalue weighted by Gasteiger charge is 2.30. The van der Waals surface area contributed by atoms with Gasteiger partial charge in [-0.3, -0.25) is 9.89 Å². The molecule has 3 rings (SSSR count). The van der Waals surface area contributed by atoms with Crippen molar-refractivity contribution >= 4 is 17.5 Å². The van der Waals surface area contributed by atoms with E-state index in [2.05, 4.69) is 15.5 Å². The largest absolute Gasteiger partial charge is 0.495 e. The van der Waals surface area contributed by atoms with Crippen molar-refractivity contribution < 1.29 is 14.3 Å². The Balaban J connectivity index is 1.61. The maximum Gasteiger partial charge on any atom is 0.251 e. The Labute approximate surface area is 139 Å². The number of carbonyl (C=O) groups is 1. The minimum atomic E-state index is -0.160. The number of ether oxygens (including phenoxy) is 2. The first-order valence-electron chi connectivity index (χ1n) is 7.41. The molecule has 1 aromatic carbocycles. The Bertz CT molecular complexity index is 675. The maximum absolute atomic E-state index is 12.3. The van der Waals surface area contributed by atoms with E-state index in [1.54, 1.807) is 24.4 Å². The lowest BCUT2D eigenvalue weighted by Crippen LogP contribution is -2.30. The Morgan fingerprint density at radius 3 is 3.13 bits per heavy atom. The van der Waals surface area contributed by atoms with Gasteiger partial charge in [-0.2, -0.15) is 5.10 Å². The van der Waals surface area contributed by atoms with Gasteiger partial charge in [0.1, 0.15) is 5.75 Å². The summed E-state index contributed by atoms with van der Waals surface area (Å²) in [5.41, 5.74) is 1.52. The van der Waals surface area contributed by atoms with Crippen LogP contribution in [0.2, 0.25) is 5.02 Å². The van der Waals surface area contributed by atoms with Crippen LogP contribution in [0.3, 0.4) is 0 Å². The van der Waals surface area contributed by atoms with Crippen LogP contribution in [0.1, 0.15) is 28.4 Å². The monoisotopic (exact) mass is 335 g/mol. The molecular formula is C16H18ClN3O3. The lowest BCUT2D eigenvalue weighted by Gasteiger charge is -2.17. The van der Waals surface area contributed by atoms with E-state index in [1.165, 1.54) is 7.11 Å². The van der Waals surface area contributed by atoms with Gasteiger partial charge in [0.05, 0.1) is 24.4 Å². The van der Waals surface area contributed by atoms with Gasteiger partial charge in [0, 0.05) is 36.4 Å². The highest BCUT2D eigenvalue weighted by atomic mass is 35.5. The molecule has 1 amide bonds. The fourth-order valence-corrected chi connectivity index (χ4v) is 3.02. The molecule has 1 fully saturated rings. The van der Waals surface area contributed by atoms with Gasteiger partial charge in [-0.05, 0) is 24.6 Å². The van der Waals surface area contributed by atoms with Gasteiger partial charge < -0.3 is 14.8 Å². The second-order valence-corrected chi connectivity index (χ2v) is 5.84. The molecule has 1 aliphatic heterocycles. The van der Waals surface area contributed by atoms with E-state index in [0.29, 0.717) is 29.5 Å². The molecule has 2 atom stereocenters. The van der Waals surface area contributed by atoms with E-state index in [1.807, 2.05) is 6.20 Å². The van der Waals surface area contributed by atoms with Crippen molar-refractivity contribution in [3.63, 3.8) is 0 Å². The smallest absolute Gasteiger partial charge is 0.251 e. The molecule has 23 heavy (non-hydrogen) atoms. The fraction of sp³-hybridized carbons (Fsp3) is 0.375. The SMILES string of the molecule is COc1ccc(C(=O)NC[C@H]2CCO[C@@H]2c2cn[nH]c2)cc1Cl. The summed E-state index contributed by atoms with van der Waals surface area (Å²) in [6, 6.07) is 4.98. The number of hydrogen-bond donors (Lipinski definition) is 2. The van der Waals surface area contributed by atoms with Gasteiger partial charge in [-0.15, -0.1) is 0 Å². The van der Waals surface area contributed by atoms with Crippen molar-refractivity contribution in [2.24, 2.45) is 5.92 Å². The van der Waals surface area contributed by atoms with Gasteiger partial charge in [-0.1, -0.05) is 11.6 Å². The maximum atomic E-state index is 12.3. The highest BCUT2D eigenvalue weighted by Crippen LogP contribution is 2.33.